The van der Waals surface area contributed by atoms with Crippen molar-refractivity contribution < 1.29 is 13.9 Å². The minimum atomic E-state index is -0.746. The van der Waals surface area contributed by atoms with E-state index < -0.39 is 17.2 Å². The lowest BCUT2D eigenvalue weighted by Gasteiger charge is -2.35. The van der Waals surface area contributed by atoms with Crippen molar-refractivity contribution in [1.29, 1.82) is 0 Å². The van der Waals surface area contributed by atoms with Gasteiger partial charge in [0, 0.05) is 75.1 Å². The summed E-state index contributed by atoms with van der Waals surface area (Å²) in [7, 11) is 0. The van der Waals surface area contributed by atoms with Crippen LogP contribution in [0, 0.1) is 24.5 Å². The van der Waals surface area contributed by atoms with Crippen molar-refractivity contribution in [3.63, 3.8) is 0 Å². The Balaban J connectivity index is 1.21. The molecule has 0 amide bonds. The van der Waals surface area contributed by atoms with Crippen molar-refractivity contribution in [2.45, 2.75) is 32.8 Å². The SMILES string of the molecule is Cc1c(/C=C/CN2CCN(c3cc(F)cc(F)c3)CC2)cnn1-c1cc(N2CC[C@@H](C(C)(C)O)C2)nc(N)n1. The second-order valence-corrected chi connectivity index (χ2v) is 10.9. The second-order valence-electron chi connectivity index (χ2n) is 10.9. The van der Waals surface area contributed by atoms with Gasteiger partial charge in [-0.25, -0.2) is 13.5 Å². The van der Waals surface area contributed by atoms with Crippen LogP contribution in [-0.2, 0) is 0 Å². The fourth-order valence-electron chi connectivity index (χ4n) is 5.31. The number of benzene rings is 1. The molecule has 2 saturated heterocycles. The average Bonchev–Trinajstić information content (AvgIpc) is 3.51. The molecule has 3 N–H and O–H groups in total. The van der Waals surface area contributed by atoms with Gasteiger partial charge in [0.05, 0.1) is 17.5 Å². The van der Waals surface area contributed by atoms with E-state index >= 15 is 0 Å². The number of nitrogens with two attached hydrogens (primary N) is 1. The Morgan fingerprint density at radius 3 is 2.36 bits per heavy atom. The normalized spacial score (nSPS) is 19.0. The molecule has 208 valence electrons. The summed E-state index contributed by atoms with van der Waals surface area (Å²) < 4.78 is 28.9. The van der Waals surface area contributed by atoms with E-state index in [1.54, 1.807) is 10.9 Å². The van der Waals surface area contributed by atoms with Crippen LogP contribution in [-0.4, -0.2) is 81.2 Å². The van der Waals surface area contributed by atoms with Gasteiger partial charge < -0.3 is 20.6 Å². The van der Waals surface area contributed by atoms with Crippen molar-refractivity contribution in [1.82, 2.24) is 24.6 Å². The van der Waals surface area contributed by atoms with Crippen LogP contribution in [0.25, 0.3) is 11.9 Å². The van der Waals surface area contributed by atoms with Gasteiger partial charge in [-0.2, -0.15) is 15.1 Å². The van der Waals surface area contributed by atoms with Crippen LogP contribution >= 0.6 is 0 Å². The first-order valence-corrected chi connectivity index (χ1v) is 13.3. The van der Waals surface area contributed by atoms with Crippen LogP contribution in [0.3, 0.4) is 0 Å². The fourth-order valence-corrected chi connectivity index (χ4v) is 5.31. The van der Waals surface area contributed by atoms with Crippen molar-refractivity contribution >= 4 is 23.5 Å². The molecule has 2 aliphatic rings. The Hall–Kier alpha value is -3.57. The predicted molar refractivity (Wildman–Crippen MR) is 149 cm³/mol. The molecule has 5 rings (SSSR count). The molecule has 9 nitrogen and oxygen atoms in total. The third-order valence-electron chi connectivity index (χ3n) is 7.74. The van der Waals surface area contributed by atoms with E-state index in [0.717, 1.165) is 55.7 Å². The van der Waals surface area contributed by atoms with Gasteiger partial charge in [0.15, 0.2) is 5.82 Å². The molecule has 0 radical (unpaired) electrons. The predicted octanol–water partition coefficient (Wildman–Crippen LogP) is 3.26. The zero-order valence-electron chi connectivity index (χ0n) is 22.7. The van der Waals surface area contributed by atoms with Crippen molar-refractivity contribution in [2.24, 2.45) is 5.92 Å². The maximum absolute atomic E-state index is 13.6. The summed E-state index contributed by atoms with van der Waals surface area (Å²) >= 11 is 0. The maximum Gasteiger partial charge on any atom is 0.224 e. The van der Waals surface area contributed by atoms with E-state index in [1.807, 2.05) is 37.8 Å². The number of halogens is 2. The minimum absolute atomic E-state index is 0.160. The third-order valence-corrected chi connectivity index (χ3v) is 7.74. The molecule has 4 heterocycles. The van der Waals surface area contributed by atoms with Crippen molar-refractivity contribution in [2.75, 3.05) is 61.3 Å². The summed E-state index contributed by atoms with van der Waals surface area (Å²) in [5, 5.41) is 15.0. The molecule has 1 aromatic carbocycles. The van der Waals surface area contributed by atoms with Crippen LogP contribution in [0.1, 0.15) is 31.5 Å². The third kappa shape index (κ3) is 6.20. The van der Waals surface area contributed by atoms with E-state index in [1.165, 1.54) is 12.1 Å². The molecular weight excluding hydrogens is 502 g/mol. The summed E-state index contributed by atoms with van der Waals surface area (Å²) in [6.07, 6.45) is 6.84. The number of rotatable bonds is 7. The molecule has 0 bridgehead atoms. The number of nitrogen functional groups attached to an aromatic ring is 1. The quantitative estimate of drug-likeness (QED) is 0.473. The summed E-state index contributed by atoms with van der Waals surface area (Å²) in [5.41, 5.74) is 7.82. The lowest BCUT2D eigenvalue weighted by molar-refractivity contribution is 0.0263. The number of hydrogen-bond acceptors (Lipinski definition) is 8. The topological polar surface area (TPSA) is 99.6 Å². The highest BCUT2D eigenvalue weighted by Crippen LogP contribution is 2.31. The summed E-state index contributed by atoms with van der Waals surface area (Å²) in [5.74, 6) is 0.571. The van der Waals surface area contributed by atoms with Crippen LogP contribution in [0.5, 0.6) is 0 Å². The van der Waals surface area contributed by atoms with Gasteiger partial charge >= 0.3 is 0 Å². The number of hydrogen-bond donors (Lipinski definition) is 2. The van der Waals surface area contributed by atoms with Crippen LogP contribution in [0.15, 0.2) is 36.5 Å². The zero-order chi connectivity index (χ0) is 27.7. The standard InChI is InChI=1S/C28H36F2N8O/c1-19-20(5-4-7-35-9-11-36(12-10-35)24-14-22(29)13-23(30)15-24)17-32-38(19)26-16-25(33-27(31)34-26)37-8-6-21(18-37)28(2,3)39/h4-5,13-17,21,39H,6-12,18H2,1-3H3,(H2,31,33,34)/b5-4+/t21-/m1/s1. The zero-order valence-corrected chi connectivity index (χ0v) is 22.7. The molecule has 0 aliphatic carbocycles. The summed E-state index contributed by atoms with van der Waals surface area (Å²) in [6.45, 7) is 11.0. The number of piperazine rings is 1. The monoisotopic (exact) mass is 538 g/mol. The molecule has 1 atom stereocenters. The molecule has 3 aromatic rings. The largest absolute Gasteiger partial charge is 0.390 e. The number of aliphatic hydroxyl groups is 1. The van der Waals surface area contributed by atoms with Gasteiger partial charge in [0.25, 0.3) is 0 Å². The van der Waals surface area contributed by atoms with Gasteiger partial charge in [-0.15, -0.1) is 0 Å². The van der Waals surface area contributed by atoms with Crippen LogP contribution in [0.4, 0.5) is 26.2 Å². The number of nitrogens with zero attached hydrogens (tertiary/aromatic N) is 7. The highest BCUT2D eigenvalue weighted by atomic mass is 19.1. The highest BCUT2D eigenvalue weighted by molar-refractivity contribution is 5.54. The first-order valence-electron chi connectivity index (χ1n) is 13.3. The number of aromatic nitrogens is 4. The lowest BCUT2D eigenvalue weighted by atomic mass is 9.90. The Kier molecular flexibility index (Phi) is 7.55. The minimum Gasteiger partial charge on any atom is -0.390 e. The van der Waals surface area contributed by atoms with Gasteiger partial charge in [-0.05, 0) is 39.3 Å². The first kappa shape index (κ1) is 27.0. The van der Waals surface area contributed by atoms with Crippen molar-refractivity contribution in [3.05, 3.63) is 59.4 Å². The molecule has 0 spiro atoms. The van der Waals surface area contributed by atoms with Gasteiger partial charge in [0.2, 0.25) is 5.95 Å². The Morgan fingerprint density at radius 2 is 1.69 bits per heavy atom. The average molecular weight is 539 g/mol. The molecule has 2 fully saturated rings. The Morgan fingerprint density at radius 1 is 1.00 bits per heavy atom. The molecule has 39 heavy (non-hydrogen) atoms. The van der Waals surface area contributed by atoms with E-state index in [2.05, 4.69) is 30.9 Å². The molecule has 2 aliphatic heterocycles. The van der Waals surface area contributed by atoms with E-state index in [-0.39, 0.29) is 11.9 Å². The lowest BCUT2D eigenvalue weighted by Crippen LogP contribution is -2.46. The van der Waals surface area contributed by atoms with E-state index in [4.69, 9.17) is 5.73 Å². The van der Waals surface area contributed by atoms with Gasteiger partial charge in [-0.1, -0.05) is 12.2 Å². The van der Waals surface area contributed by atoms with Crippen molar-refractivity contribution in [3.8, 4) is 5.82 Å². The van der Waals surface area contributed by atoms with Gasteiger partial charge in [0.1, 0.15) is 17.5 Å². The molecule has 11 heteroatoms. The van der Waals surface area contributed by atoms with E-state index in [0.29, 0.717) is 31.1 Å². The van der Waals surface area contributed by atoms with Crippen LogP contribution < -0.4 is 15.5 Å². The van der Waals surface area contributed by atoms with E-state index in [9.17, 15) is 13.9 Å². The fraction of sp³-hybridized carbons (Fsp3) is 0.464. The highest BCUT2D eigenvalue weighted by Gasteiger charge is 2.34. The molecule has 2 aromatic heterocycles. The summed E-state index contributed by atoms with van der Waals surface area (Å²) in [4.78, 5) is 15.3. The Labute approximate surface area is 227 Å². The second kappa shape index (κ2) is 10.9. The number of anilines is 3. The summed E-state index contributed by atoms with van der Waals surface area (Å²) in [6, 6.07) is 5.55. The maximum atomic E-state index is 13.6. The molecule has 0 unspecified atom stereocenters. The first-order chi connectivity index (χ1) is 18.6. The molecule has 0 saturated carbocycles. The van der Waals surface area contributed by atoms with Crippen LogP contribution in [0.2, 0.25) is 0 Å². The smallest absolute Gasteiger partial charge is 0.224 e. The molecular formula is C28H36F2N8O. The van der Waals surface area contributed by atoms with Gasteiger partial charge in [-0.3, -0.25) is 4.90 Å². The Bertz CT molecular complexity index is 1320.